The third kappa shape index (κ3) is 4.28. The van der Waals surface area contributed by atoms with Crippen LogP contribution in [0.3, 0.4) is 0 Å². The van der Waals surface area contributed by atoms with Crippen molar-refractivity contribution < 1.29 is 14.2 Å². The highest BCUT2D eigenvalue weighted by molar-refractivity contribution is 5.38. The highest BCUT2D eigenvalue weighted by Gasteiger charge is 2.16. The van der Waals surface area contributed by atoms with Crippen LogP contribution < -0.4 is 9.47 Å². The van der Waals surface area contributed by atoms with Gasteiger partial charge in [-0.3, -0.25) is 4.90 Å². The van der Waals surface area contributed by atoms with Gasteiger partial charge in [0.15, 0.2) is 0 Å². The molecule has 2 aromatic carbocycles. The molecule has 4 nitrogen and oxygen atoms in total. The van der Waals surface area contributed by atoms with Crippen molar-refractivity contribution in [1.29, 1.82) is 0 Å². The lowest BCUT2D eigenvalue weighted by Crippen LogP contribution is -2.22. The van der Waals surface area contributed by atoms with Gasteiger partial charge >= 0.3 is 0 Å². The number of ether oxygens (including phenoxy) is 3. The summed E-state index contributed by atoms with van der Waals surface area (Å²) in [4.78, 5) is 2.30. The van der Waals surface area contributed by atoms with Crippen molar-refractivity contribution in [3.05, 3.63) is 59.2 Å². The van der Waals surface area contributed by atoms with Gasteiger partial charge in [0.1, 0.15) is 11.5 Å². The van der Waals surface area contributed by atoms with Gasteiger partial charge in [-0.15, -0.1) is 0 Å². The van der Waals surface area contributed by atoms with Crippen LogP contribution in [0.5, 0.6) is 11.5 Å². The minimum absolute atomic E-state index is 0.245. The molecule has 0 amide bonds. The van der Waals surface area contributed by atoms with Gasteiger partial charge in [-0.25, -0.2) is 0 Å². The molecule has 0 N–H and O–H groups in total. The first-order chi connectivity index (χ1) is 11.6. The molecule has 0 spiro atoms. The van der Waals surface area contributed by atoms with Gasteiger partial charge in [-0.05, 0) is 37.7 Å². The summed E-state index contributed by atoms with van der Waals surface area (Å²) in [7, 11) is 7.22. The predicted molar refractivity (Wildman–Crippen MR) is 96.6 cm³/mol. The monoisotopic (exact) mass is 329 g/mol. The molecule has 2 rings (SSSR count). The van der Waals surface area contributed by atoms with E-state index in [4.69, 9.17) is 14.2 Å². The lowest BCUT2D eigenvalue weighted by Gasteiger charge is -2.26. The number of benzene rings is 2. The van der Waals surface area contributed by atoms with Crippen molar-refractivity contribution in [2.75, 3.05) is 28.4 Å². The largest absolute Gasteiger partial charge is 0.496 e. The molecule has 24 heavy (non-hydrogen) atoms. The number of rotatable bonds is 8. The van der Waals surface area contributed by atoms with Crippen molar-refractivity contribution >= 4 is 0 Å². The second-order valence-electron chi connectivity index (χ2n) is 5.91. The molecule has 0 radical (unpaired) electrons. The Hall–Kier alpha value is -2.04. The summed E-state index contributed by atoms with van der Waals surface area (Å²) in [6.45, 7) is 3.57. The maximum Gasteiger partial charge on any atom is 0.124 e. The summed E-state index contributed by atoms with van der Waals surface area (Å²) in [5, 5.41) is 0. The van der Waals surface area contributed by atoms with E-state index in [1.165, 1.54) is 11.1 Å². The van der Waals surface area contributed by atoms with Crippen LogP contribution in [0.1, 0.15) is 29.7 Å². The minimum atomic E-state index is 0.245. The second-order valence-corrected chi connectivity index (χ2v) is 5.91. The molecule has 0 heterocycles. The molecular weight excluding hydrogens is 302 g/mol. The van der Waals surface area contributed by atoms with Crippen molar-refractivity contribution in [2.45, 2.75) is 26.1 Å². The van der Waals surface area contributed by atoms with E-state index in [-0.39, 0.29) is 6.04 Å². The second kappa shape index (κ2) is 8.71. The quantitative estimate of drug-likeness (QED) is 0.731. The Morgan fingerprint density at radius 1 is 0.958 bits per heavy atom. The zero-order valence-corrected chi connectivity index (χ0v) is 15.2. The Labute approximate surface area is 145 Å². The van der Waals surface area contributed by atoms with Crippen LogP contribution in [-0.4, -0.2) is 33.3 Å². The van der Waals surface area contributed by atoms with Gasteiger partial charge in [-0.2, -0.15) is 0 Å². The van der Waals surface area contributed by atoms with Gasteiger partial charge in [0, 0.05) is 30.8 Å². The molecule has 0 unspecified atom stereocenters. The number of hydrogen-bond donors (Lipinski definition) is 0. The smallest absolute Gasteiger partial charge is 0.124 e. The molecule has 0 saturated heterocycles. The van der Waals surface area contributed by atoms with Crippen LogP contribution in [0.25, 0.3) is 0 Å². The summed E-state index contributed by atoms with van der Waals surface area (Å²) in [5.74, 6) is 1.78. The average Bonchev–Trinajstić information content (AvgIpc) is 2.61. The molecule has 0 aliphatic rings. The zero-order valence-electron chi connectivity index (χ0n) is 15.2. The van der Waals surface area contributed by atoms with Crippen LogP contribution in [0, 0.1) is 0 Å². The Morgan fingerprint density at radius 3 is 2.33 bits per heavy atom. The van der Waals surface area contributed by atoms with Crippen LogP contribution in [0.2, 0.25) is 0 Å². The topological polar surface area (TPSA) is 30.9 Å². The molecule has 1 atom stereocenters. The Bertz CT molecular complexity index is 657. The zero-order chi connectivity index (χ0) is 17.5. The summed E-state index contributed by atoms with van der Waals surface area (Å²) in [5.41, 5.74) is 3.48. The van der Waals surface area contributed by atoms with Crippen molar-refractivity contribution in [3.8, 4) is 11.5 Å². The van der Waals surface area contributed by atoms with Crippen LogP contribution in [0.4, 0.5) is 0 Å². The fourth-order valence-electron chi connectivity index (χ4n) is 2.87. The van der Waals surface area contributed by atoms with Crippen LogP contribution in [0.15, 0.2) is 42.5 Å². The molecule has 0 aromatic heterocycles. The van der Waals surface area contributed by atoms with E-state index >= 15 is 0 Å². The van der Waals surface area contributed by atoms with E-state index < -0.39 is 0 Å². The highest BCUT2D eigenvalue weighted by atomic mass is 16.5. The maximum absolute atomic E-state index is 5.49. The Kier molecular flexibility index (Phi) is 6.64. The summed E-state index contributed by atoms with van der Waals surface area (Å²) < 4.78 is 16.2. The number of nitrogens with zero attached hydrogens (tertiary/aromatic N) is 1. The number of methoxy groups -OCH3 is 3. The first kappa shape index (κ1) is 18.3. The van der Waals surface area contributed by atoms with E-state index in [2.05, 4.69) is 37.1 Å². The molecule has 2 aromatic rings. The molecule has 0 aliphatic heterocycles. The van der Waals surface area contributed by atoms with Crippen LogP contribution >= 0.6 is 0 Å². The van der Waals surface area contributed by atoms with Crippen molar-refractivity contribution in [3.63, 3.8) is 0 Å². The molecule has 0 bridgehead atoms. The van der Waals surface area contributed by atoms with E-state index in [0.29, 0.717) is 6.61 Å². The molecular formula is C20H27NO3. The normalized spacial score (nSPS) is 12.2. The fourth-order valence-corrected chi connectivity index (χ4v) is 2.87. The highest BCUT2D eigenvalue weighted by Crippen LogP contribution is 2.29. The predicted octanol–water partition coefficient (Wildman–Crippen LogP) is 4.04. The van der Waals surface area contributed by atoms with Gasteiger partial charge in [0.2, 0.25) is 0 Å². The molecule has 0 fully saturated rings. The maximum atomic E-state index is 5.49. The average molecular weight is 329 g/mol. The van der Waals surface area contributed by atoms with E-state index in [9.17, 15) is 0 Å². The summed E-state index contributed by atoms with van der Waals surface area (Å²) >= 11 is 0. The molecule has 4 heteroatoms. The summed E-state index contributed by atoms with van der Waals surface area (Å²) in [6.07, 6.45) is 0. The lowest BCUT2D eigenvalue weighted by molar-refractivity contribution is 0.181. The molecule has 130 valence electrons. The van der Waals surface area contributed by atoms with Gasteiger partial charge in [-0.1, -0.05) is 24.3 Å². The van der Waals surface area contributed by atoms with E-state index in [1.54, 1.807) is 21.3 Å². The summed E-state index contributed by atoms with van der Waals surface area (Å²) in [6, 6.07) is 14.7. The van der Waals surface area contributed by atoms with Crippen LogP contribution in [-0.2, 0) is 17.9 Å². The fraction of sp³-hybridized carbons (Fsp3) is 0.400. The molecule has 0 aliphatic carbocycles. The van der Waals surface area contributed by atoms with Crippen molar-refractivity contribution in [1.82, 2.24) is 4.90 Å². The third-order valence-electron chi connectivity index (χ3n) is 4.33. The number of hydrogen-bond acceptors (Lipinski definition) is 4. The number of para-hydroxylation sites is 1. The van der Waals surface area contributed by atoms with E-state index in [0.717, 1.165) is 23.6 Å². The molecule has 0 saturated carbocycles. The first-order valence-corrected chi connectivity index (χ1v) is 8.08. The first-order valence-electron chi connectivity index (χ1n) is 8.08. The minimum Gasteiger partial charge on any atom is -0.496 e. The Balaban J connectivity index is 2.16. The van der Waals surface area contributed by atoms with E-state index in [1.807, 2.05) is 24.3 Å². The van der Waals surface area contributed by atoms with Gasteiger partial charge in [0.05, 0.1) is 20.8 Å². The van der Waals surface area contributed by atoms with Crippen molar-refractivity contribution in [2.24, 2.45) is 0 Å². The van der Waals surface area contributed by atoms with Gasteiger partial charge in [0.25, 0.3) is 0 Å². The third-order valence-corrected chi connectivity index (χ3v) is 4.33. The SMILES string of the molecule is COCc1cc(CN(C)[C@H](C)c2ccccc2OC)ccc1OC. The van der Waals surface area contributed by atoms with Gasteiger partial charge < -0.3 is 14.2 Å². The Morgan fingerprint density at radius 2 is 1.67 bits per heavy atom. The lowest BCUT2D eigenvalue weighted by atomic mass is 10.0. The standard InChI is InChI=1S/C20H27NO3/c1-15(18-8-6-7-9-20(18)24-5)21(2)13-16-10-11-19(23-4)17(12-16)14-22-3/h6-12,15H,13-14H2,1-5H3/t15-/m1/s1.